The molecule has 3 nitrogen and oxygen atoms in total. The Kier molecular flexibility index (Phi) is 4.10. The van der Waals surface area contributed by atoms with Gasteiger partial charge in [0.05, 0.1) is 4.90 Å². The van der Waals surface area contributed by atoms with Crippen molar-refractivity contribution < 1.29 is 8.42 Å². The minimum absolute atomic E-state index is 0.497. The second-order valence-corrected chi connectivity index (χ2v) is 8.63. The Morgan fingerprint density at radius 1 is 1.05 bits per heavy atom. The molecule has 0 aromatic heterocycles. The normalized spacial score (nSPS) is 27.3. The lowest BCUT2D eigenvalue weighted by molar-refractivity contribution is 0.136. The van der Waals surface area contributed by atoms with Crippen LogP contribution < -0.4 is 0 Å². The van der Waals surface area contributed by atoms with Crippen LogP contribution in [-0.4, -0.2) is 25.8 Å². The van der Waals surface area contributed by atoms with Crippen molar-refractivity contribution in [1.82, 2.24) is 4.31 Å². The van der Waals surface area contributed by atoms with Crippen molar-refractivity contribution in [2.45, 2.75) is 50.8 Å². The summed E-state index contributed by atoms with van der Waals surface area (Å²) in [5.74, 6) is 1.33. The molecular weight excluding hydrogens is 282 g/mol. The summed E-state index contributed by atoms with van der Waals surface area (Å²) < 4.78 is 27.7. The molecule has 3 rings (SSSR count). The molecule has 0 radical (unpaired) electrons. The Morgan fingerprint density at radius 3 is 2.52 bits per heavy atom. The molecule has 1 saturated heterocycles. The van der Waals surface area contributed by atoms with Crippen LogP contribution in [-0.2, 0) is 10.0 Å². The molecule has 1 aliphatic heterocycles. The van der Waals surface area contributed by atoms with Crippen LogP contribution in [0.2, 0.25) is 0 Å². The lowest BCUT2D eigenvalue weighted by Crippen LogP contribution is -2.44. The van der Waals surface area contributed by atoms with E-state index in [0.717, 1.165) is 30.0 Å². The van der Waals surface area contributed by atoms with Crippen LogP contribution in [0.15, 0.2) is 23.1 Å². The van der Waals surface area contributed by atoms with Crippen LogP contribution in [0.3, 0.4) is 0 Å². The highest BCUT2D eigenvalue weighted by atomic mass is 32.2. The minimum Gasteiger partial charge on any atom is -0.207 e. The molecule has 0 bridgehead atoms. The van der Waals surface area contributed by atoms with Gasteiger partial charge in [-0.3, -0.25) is 0 Å². The molecule has 0 unspecified atom stereocenters. The first kappa shape index (κ1) is 15.0. The molecule has 1 aromatic carbocycles. The highest BCUT2D eigenvalue weighted by Crippen LogP contribution is 2.38. The van der Waals surface area contributed by atoms with Crippen molar-refractivity contribution in [2.24, 2.45) is 11.8 Å². The number of hydrogen-bond acceptors (Lipinski definition) is 2. The molecule has 1 heterocycles. The van der Waals surface area contributed by atoms with Gasteiger partial charge in [0.25, 0.3) is 0 Å². The van der Waals surface area contributed by atoms with E-state index in [4.69, 9.17) is 0 Å². The molecule has 1 aliphatic carbocycles. The maximum atomic E-state index is 13.0. The zero-order valence-corrected chi connectivity index (χ0v) is 13.8. The number of piperidine rings is 1. The minimum atomic E-state index is -3.33. The van der Waals surface area contributed by atoms with Crippen LogP contribution in [0.4, 0.5) is 0 Å². The van der Waals surface area contributed by atoms with Crippen LogP contribution in [0.25, 0.3) is 0 Å². The number of rotatable bonds is 2. The van der Waals surface area contributed by atoms with Gasteiger partial charge in [-0.25, -0.2) is 8.42 Å². The fourth-order valence-corrected chi connectivity index (χ4v) is 5.73. The zero-order chi connectivity index (χ0) is 15.0. The third-order valence-electron chi connectivity index (χ3n) is 5.22. The second kappa shape index (κ2) is 5.73. The van der Waals surface area contributed by atoms with Gasteiger partial charge in [0.2, 0.25) is 10.0 Å². The van der Waals surface area contributed by atoms with Gasteiger partial charge in [-0.2, -0.15) is 4.31 Å². The average Bonchev–Trinajstić information content (AvgIpc) is 2.49. The molecule has 21 heavy (non-hydrogen) atoms. The quantitative estimate of drug-likeness (QED) is 0.838. The van der Waals surface area contributed by atoms with E-state index >= 15 is 0 Å². The van der Waals surface area contributed by atoms with Crippen LogP contribution in [0, 0.1) is 25.7 Å². The first-order chi connectivity index (χ1) is 9.98. The van der Waals surface area contributed by atoms with Crippen molar-refractivity contribution in [3.8, 4) is 0 Å². The molecule has 116 valence electrons. The number of benzene rings is 1. The van der Waals surface area contributed by atoms with E-state index in [2.05, 4.69) is 0 Å². The second-order valence-electron chi connectivity index (χ2n) is 6.73. The van der Waals surface area contributed by atoms with Crippen molar-refractivity contribution >= 4 is 10.0 Å². The van der Waals surface area contributed by atoms with Gasteiger partial charge in [-0.15, -0.1) is 0 Å². The van der Waals surface area contributed by atoms with Gasteiger partial charge in [0.1, 0.15) is 0 Å². The smallest absolute Gasteiger partial charge is 0.207 e. The maximum Gasteiger partial charge on any atom is 0.243 e. The highest BCUT2D eigenvalue weighted by molar-refractivity contribution is 7.89. The third-order valence-corrected chi connectivity index (χ3v) is 7.22. The molecular formula is C17H25NO2S. The molecule has 2 atom stereocenters. The number of aryl methyl sites for hydroxylation is 2. The zero-order valence-electron chi connectivity index (χ0n) is 13.0. The summed E-state index contributed by atoms with van der Waals surface area (Å²) in [5, 5.41) is 0. The summed E-state index contributed by atoms with van der Waals surface area (Å²) >= 11 is 0. The van der Waals surface area contributed by atoms with Crippen molar-refractivity contribution in [1.29, 1.82) is 0 Å². The average molecular weight is 307 g/mol. The third kappa shape index (κ3) is 2.88. The Hall–Kier alpha value is -0.870. The van der Waals surface area contributed by atoms with Gasteiger partial charge < -0.3 is 0 Å². The lowest BCUT2D eigenvalue weighted by Gasteiger charge is -2.40. The predicted octanol–water partition coefficient (Wildman–Crippen LogP) is 3.50. The molecule has 4 heteroatoms. The number of fused-ring (bicyclic) bond motifs is 1. The summed E-state index contributed by atoms with van der Waals surface area (Å²) in [7, 11) is -3.33. The largest absolute Gasteiger partial charge is 0.243 e. The standard InChI is InChI=1S/C17H25NO2S/c1-13-7-8-14(2)17(11-13)21(19,20)18-10-9-15-5-3-4-6-16(15)12-18/h7-8,11,15-16H,3-6,9-10,12H2,1-2H3/t15-,16-/m1/s1. The fourth-order valence-electron chi connectivity index (χ4n) is 3.91. The van der Waals surface area contributed by atoms with Gasteiger partial charge in [-0.1, -0.05) is 31.4 Å². The maximum absolute atomic E-state index is 13.0. The van der Waals surface area contributed by atoms with Crippen LogP contribution in [0.5, 0.6) is 0 Å². The Labute approximate surface area is 128 Å². The van der Waals surface area contributed by atoms with E-state index < -0.39 is 10.0 Å². The molecule has 2 fully saturated rings. The van der Waals surface area contributed by atoms with E-state index in [-0.39, 0.29) is 0 Å². The van der Waals surface area contributed by atoms with Gasteiger partial charge in [0.15, 0.2) is 0 Å². The van der Waals surface area contributed by atoms with E-state index in [9.17, 15) is 8.42 Å². The number of sulfonamides is 1. The van der Waals surface area contributed by atoms with E-state index in [1.54, 1.807) is 4.31 Å². The van der Waals surface area contributed by atoms with Crippen molar-refractivity contribution in [2.75, 3.05) is 13.1 Å². The summed E-state index contributed by atoms with van der Waals surface area (Å²) in [6, 6.07) is 5.70. The Morgan fingerprint density at radius 2 is 1.76 bits per heavy atom. The van der Waals surface area contributed by atoms with Gasteiger partial charge >= 0.3 is 0 Å². The van der Waals surface area contributed by atoms with Crippen molar-refractivity contribution in [3.05, 3.63) is 29.3 Å². The predicted molar refractivity (Wildman–Crippen MR) is 84.7 cm³/mol. The number of hydrogen-bond donors (Lipinski definition) is 0. The van der Waals surface area contributed by atoms with E-state index in [1.165, 1.54) is 25.7 Å². The van der Waals surface area contributed by atoms with Crippen LogP contribution >= 0.6 is 0 Å². The molecule has 1 aromatic rings. The summed E-state index contributed by atoms with van der Waals surface area (Å²) in [5.41, 5.74) is 1.86. The summed E-state index contributed by atoms with van der Waals surface area (Å²) in [6.45, 7) is 5.25. The summed E-state index contributed by atoms with van der Waals surface area (Å²) in [4.78, 5) is 0.497. The van der Waals surface area contributed by atoms with Gasteiger partial charge in [-0.05, 0) is 55.7 Å². The monoisotopic (exact) mass is 307 g/mol. The van der Waals surface area contributed by atoms with Crippen molar-refractivity contribution in [3.63, 3.8) is 0 Å². The van der Waals surface area contributed by atoms with E-state index in [1.807, 2.05) is 32.0 Å². The fraction of sp³-hybridized carbons (Fsp3) is 0.647. The number of nitrogens with zero attached hydrogens (tertiary/aromatic N) is 1. The highest BCUT2D eigenvalue weighted by Gasteiger charge is 2.36. The SMILES string of the molecule is Cc1ccc(C)c(S(=O)(=O)N2CC[C@H]3CCCC[C@@H]3C2)c1. The molecule has 0 N–H and O–H groups in total. The first-order valence-electron chi connectivity index (χ1n) is 8.06. The summed E-state index contributed by atoms with van der Waals surface area (Å²) in [6.07, 6.45) is 6.11. The van der Waals surface area contributed by atoms with E-state index in [0.29, 0.717) is 17.4 Å². The van der Waals surface area contributed by atoms with Crippen LogP contribution in [0.1, 0.15) is 43.2 Å². The molecule has 1 saturated carbocycles. The topological polar surface area (TPSA) is 37.4 Å². The Balaban J connectivity index is 1.86. The Bertz CT molecular complexity index is 624. The molecule has 0 amide bonds. The first-order valence-corrected chi connectivity index (χ1v) is 9.50. The molecule has 2 aliphatic rings. The lowest BCUT2D eigenvalue weighted by atomic mass is 9.76. The van der Waals surface area contributed by atoms with Gasteiger partial charge in [0, 0.05) is 13.1 Å². The molecule has 0 spiro atoms.